The molecule has 0 bridgehead atoms. The Hall–Kier alpha value is -2.11. The molecule has 1 N–H and O–H groups in total. The van der Waals surface area contributed by atoms with Gasteiger partial charge in [-0.2, -0.15) is 0 Å². The van der Waals surface area contributed by atoms with Gasteiger partial charge in [-0.1, -0.05) is 27.5 Å². The predicted octanol–water partition coefficient (Wildman–Crippen LogP) is 4.79. The van der Waals surface area contributed by atoms with Crippen LogP contribution in [0, 0.1) is 0 Å². The predicted molar refractivity (Wildman–Crippen MR) is 104 cm³/mol. The van der Waals surface area contributed by atoms with Gasteiger partial charge in [0.1, 0.15) is 5.56 Å². The summed E-state index contributed by atoms with van der Waals surface area (Å²) in [5, 5.41) is 3.92. The molecule has 25 heavy (non-hydrogen) atoms. The van der Waals surface area contributed by atoms with Crippen molar-refractivity contribution >= 4 is 50.0 Å². The number of nitrogens with one attached hydrogen (secondary N) is 1. The second-order valence-corrected chi connectivity index (χ2v) is 7.61. The van der Waals surface area contributed by atoms with E-state index in [2.05, 4.69) is 28.2 Å². The standard InChI is InChI=1S/C19H14BrClN2O2/c1-10-6-11-7-12(20)8-15-17(11)23(10)9-16(18(15)24)19(25)22-14-4-2-13(21)3-5-14/h2-5,7-10H,6H2,1H3,(H,22,25)/t10-/m1/s1. The van der Waals surface area contributed by atoms with Crippen LogP contribution in [0.4, 0.5) is 5.69 Å². The summed E-state index contributed by atoms with van der Waals surface area (Å²) in [5.74, 6) is -0.418. The van der Waals surface area contributed by atoms with Crippen LogP contribution in [-0.4, -0.2) is 10.5 Å². The first-order chi connectivity index (χ1) is 11.9. The molecule has 0 saturated carbocycles. The normalized spacial score (nSPS) is 15.6. The third-order valence-corrected chi connectivity index (χ3v) is 5.22. The van der Waals surface area contributed by atoms with E-state index in [0.717, 1.165) is 22.0 Å². The summed E-state index contributed by atoms with van der Waals surface area (Å²) in [4.78, 5) is 25.6. The molecule has 1 amide bonds. The minimum absolute atomic E-state index is 0.139. The number of rotatable bonds is 2. The number of halogens is 2. The largest absolute Gasteiger partial charge is 0.343 e. The van der Waals surface area contributed by atoms with Gasteiger partial charge >= 0.3 is 0 Å². The van der Waals surface area contributed by atoms with Gasteiger partial charge < -0.3 is 9.88 Å². The van der Waals surface area contributed by atoms with Gasteiger partial charge in [0.2, 0.25) is 5.43 Å². The molecule has 1 aliphatic rings. The van der Waals surface area contributed by atoms with E-state index in [4.69, 9.17) is 11.6 Å². The smallest absolute Gasteiger partial charge is 0.261 e. The fraction of sp³-hybridized carbons (Fsp3) is 0.158. The third kappa shape index (κ3) is 2.77. The van der Waals surface area contributed by atoms with Gasteiger partial charge in [-0.3, -0.25) is 9.59 Å². The highest BCUT2D eigenvalue weighted by atomic mass is 79.9. The van der Waals surface area contributed by atoms with Crippen LogP contribution in [0.5, 0.6) is 0 Å². The molecule has 0 saturated heterocycles. The first-order valence-electron chi connectivity index (χ1n) is 7.88. The molecule has 0 spiro atoms. The summed E-state index contributed by atoms with van der Waals surface area (Å²) in [5.41, 5.74) is 2.52. The molecule has 0 fully saturated rings. The van der Waals surface area contributed by atoms with E-state index >= 15 is 0 Å². The molecule has 2 aromatic carbocycles. The van der Waals surface area contributed by atoms with Crippen LogP contribution < -0.4 is 10.7 Å². The number of carbonyl (C=O) groups excluding carboxylic acids is 1. The Kier molecular flexibility index (Phi) is 3.93. The lowest BCUT2D eigenvalue weighted by molar-refractivity contribution is 0.102. The number of pyridine rings is 1. The Labute approximate surface area is 157 Å². The topological polar surface area (TPSA) is 51.1 Å². The van der Waals surface area contributed by atoms with Crippen LogP contribution in [0.1, 0.15) is 28.9 Å². The molecule has 4 rings (SSSR count). The van der Waals surface area contributed by atoms with Crippen LogP contribution in [0.3, 0.4) is 0 Å². The number of anilines is 1. The van der Waals surface area contributed by atoms with Crippen molar-refractivity contribution in [3.8, 4) is 0 Å². The second kappa shape index (κ2) is 6.00. The summed E-state index contributed by atoms with van der Waals surface area (Å²) < 4.78 is 2.87. The summed E-state index contributed by atoms with van der Waals surface area (Å²) in [6.07, 6.45) is 2.52. The number of carbonyl (C=O) groups is 1. The van der Waals surface area contributed by atoms with Crippen molar-refractivity contribution in [3.63, 3.8) is 0 Å². The summed E-state index contributed by atoms with van der Waals surface area (Å²) in [6.45, 7) is 2.08. The fourth-order valence-corrected chi connectivity index (χ4v) is 3.99. The summed E-state index contributed by atoms with van der Waals surface area (Å²) in [6, 6.07) is 10.8. The van der Waals surface area contributed by atoms with Crippen LogP contribution in [0.25, 0.3) is 10.9 Å². The van der Waals surface area contributed by atoms with Gasteiger partial charge in [0.05, 0.1) is 5.52 Å². The van der Waals surface area contributed by atoms with Crippen molar-refractivity contribution in [1.29, 1.82) is 0 Å². The molecule has 0 radical (unpaired) electrons. The van der Waals surface area contributed by atoms with Gasteiger partial charge in [0.15, 0.2) is 0 Å². The molecule has 4 nitrogen and oxygen atoms in total. The third-order valence-electron chi connectivity index (χ3n) is 4.51. The van der Waals surface area contributed by atoms with E-state index in [1.807, 2.05) is 10.6 Å². The molecule has 6 heteroatoms. The summed E-state index contributed by atoms with van der Waals surface area (Å²) in [7, 11) is 0. The van der Waals surface area contributed by atoms with Gasteiger partial charge in [-0.15, -0.1) is 0 Å². The summed E-state index contributed by atoms with van der Waals surface area (Å²) >= 11 is 9.32. The number of hydrogen-bond donors (Lipinski definition) is 1. The van der Waals surface area contributed by atoms with Gasteiger partial charge in [-0.05, 0) is 55.3 Å². The van der Waals surface area contributed by atoms with Crippen LogP contribution in [0.2, 0.25) is 5.02 Å². The van der Waals surface area contributed by atoms with Crippen molar-refractivity contribution in [1.82, 2.24) is 4.57 Å². The average Bonchev–Trinajstić information content (AvgIpc) is 2.88. The van der Waals surface area contributed by atoms with E-state index in [1.54, 1.807) is 36.5 Å². The van der Waals surface area contributed by atoms with Crippen LogP contribution in [-0.2, 0) is 6.42 Å². The molecule has 0 unspecified atom stereocenters. The minimum atomic E-state index is -0.418. The molecule has 3 aromatic rings. The molecule has 0 aliphatic carbocycles. The second-order valence-electron chi connectivity index (χ2n) is 6.25. The molecular formula is C19H14BrClN2O2. The maximum absolute atomic E-state index is 12.9. The lowest BCUT2D eigenvalue weighted by Crippen LogP contribution is -2.23. The monoisotopic (exact) mass is 416 g/mol. The van der Waals surface area contributed by atoms with Crippen molar-refractivity contribution in [2.24, 2.45) is 0 Å². The Morgan fingerprint density at radius 1 is 1.28 bits per heavy atom. The minimum Gasteiger partial charge on any atom is -0.343 e. The number of nitrogens with zero attached hydrogens (tertiary/aromatic N) is 1. The average molecular weight is 418 g/mol. The number of benzene rings is 2. The molecule has 1 aromatic heterocycles. The Morgan fingerprint density at radius 2 is 2.00 bits per heavy atom. The number of hydrogen-bond acceptors (Lipinski definition) is 2. The first kappa shape index (κ1) is 16.4. The number of amides is 1. The highest BCUT2D eigenvalue weighted by Crippen LogP contribution is 2.33. The van der Waals surface area contributed by atoms with Crippen molar-refractivity contribution in [3.05, 3.63) is 73.4 Å². The van der Waals surface area contributed by atoms with E-state index in [0.29, 0.717) is 16.1 Å². The highest BCUT2D eigenvalue weighted by molar-refractivity contribution is 9.10. The van der Waals surface area contributed by atoms with Gasteiger partial charge in [0, 0.05) is 32.8 Å². The van der Waals surface area contributed by atoms with Crippen molar-refractivity contribution in [2.45, 2.75) is 19.4 Å². The van der Waals surface area contributed by atoms with Crippen molar-refractivity contribution < 1.29 is 4.79 Å². The zero-order chi connectivity index (χ0) is 17.7. The van der Waals surface area contributed by atoms with Crippen LogP contribution in [0.15, 0.2) is 51.9 Å². The van der Waals surface area contributed by atoms with E-state index in [1.165, 1.54) is 0 Å². The fourth-order valence-electron chi connectivity index (χ4n) is 3.35. The van der Waals surface area contributed by atoms with Gasteiger partial charge in [0.25, 0.3) is 5.91 Å². The SMILES string of the molecule is C[C@@H]1Cc2cc(Br)cc3c(=O)c(C(=O)Nc4ccc(Cl)cc4)cn1c23. The zero-order valence-electron chi connectivity index (χ0n) is 13.3. The van der Waals surface area contributed by atoms with Gasteiger partial charge in [-0.25, -0.2) is 0 Å². The lowest BCUT2D eigenvalue weighted by Gasteiger charge is -2.13. The first-order valence-corrected chi connectivity index (χ1v) is 9.05. The van der Waals surface area contributed by atoms with Crippen LogP contribution >= 0.6 is 27.5 Å². The Morgan fingerprint density at radius 3 is 2.72 bits per heavy atom. The molecular weight excluding hydrogens is 404 g/mol. The molecule has 126 valence electrons. The molecule has 2 heterocycles. The maximum Gasteiger partial charge on any atom is 0.261 e. The van der Waals surface area contributed by atoms with E-state index < -0.39 is 5.91 Å². The molecule has 1 aliphatic heterocycles. The lowest BCUT2D eigenvalue weighted by atomic mass is 10.1. The Bertz CT molecular complexity index is 1070. The maximum atomic E-state index is 12.9. The van der Waals surface area contributed by atoms with E-state index in [9.17, 15) is 9.59 Å². The van der Waals surface area contributed by atoms with E-state index in [-0.39, 0.29) is 17.0 Å². The highest BCUT2D eigenvalue weighted by Gasteiger charge is 2.25. The zero-order valence-corrected chi connectivity index (χ0v) is 15.7. The van der Waals surface area contributed by atoms with Crippen molar-refractivity contribution in [2.75, 3.05) is 5.32 Å². The number of aromatic nitrogens is 1. The quantitative estimate of drug-likeness (QED) is 0.652. The Balaban J connectivity index is 1.83. The molecule has 1 atom stereocenters.